The van der Waals surface area contributed by atoms with Gasteiger partial charge in [-0.3, -0.25) is 14.6 Å². The molecule has 2 heterocycles. The first-order valence-electron chi connectivity index (χ1n) is 11.0. The molecular formula is C27H25NO4. The average molecular weight is 428 g/mol. The summed E-state index contributed by atoms with van der Waals surface area (Å²) in [7, 11) is 0. The molecule has 3 aromatic rings. The second-order valence-electron chi connectivity index (χ2n) is 8.59. The van der Waals surface area contributed by atoms with Crippen LogP contribution in [0.3, 0.4) is 0 Å². The summed E-state index contributed by atoms with van der Waals surface area (Å²) in [6.07, 6.45) is 4.33. The Hall–Kier alpha value is -3.47. The van der Waals surface area contributed by atoms with Crippen molar-refractivity contribution in [2.45, 2.75) is 44.9 Å². The van der Waals surface area contributed by atoms with E-state index in [1.807, 2.05) is 68.6 Å². The maximum Gasteiger partial charge on any atom is 0.231 e. The van der Waals surface area contributed by atoms with Gasteiger partial charge in [0.15, 0.2) is 17.3 Å². The van der Waals surface area contributed by atoms with Crippen LogP contribution in [0.1, 0.15) is 53.4 Å². The van der Waals surface area contributed by atoms with Crippen LogP contribution in [0, 0.1) is 6.92 Å². The van der Waals surface area contributed by atoms with E-state index in [0.29, 0.717) is 18.6 Å². The molecule has 0 N–H and O–H groups in total. The number of aryl methyl sites for hydroxylation is 1. The van der Waals surface area contributed by atoms with Crippen LogP contribution in [0.2, 0.25) is 0 Å². The van der Waals surface area contributed by atoms with Gasteiger partial charge in [-0.25, -0.2) is 0 Å². The fraction of sp³-hybridized carbons (Fsp3) is 0.296. The van der Waals surface area contributed by atoms with Crippen LogP contribution < -0.4 is 9.47 Å². The second kappa shape index (κ2) is 7.90. The summed E-state index contributed by atoms with van der Waals surface area (Å²) < 4.78 is 10.9. The van der Waals surface area contributed by atoms with Crippen LogP contribution in [-0.4, -0.2) is 23.3 Å². The Morgan fingerprint density at radius 1 is 1.00 bits per heavy atom. The zero-order chi connectivity index (χ0) is 22.3. The topological polar surface area (TPSA) is 65.5 Å². The Bertz CT molecular complexity index is 1210. The third-order valence-electron chi connectivity index (χ3n) is 6.56. The van der Waals surface area contributed by atoms with E-state index in [1.54, 1.807) is 0 Å². The Labute approximate surface area is 187 Å². The predicted octanol–water partition coefficient (Wildman–Crippen LogP) is 5.22. The Balaban J connectivity index is 1.33. The number of ketones is 2. The molecule has 0 bridgehead atoms. The number of nitrogens with zero attached hydrogens (tertiary/aromatic N) is 1. The summed E-state index contributed by atoms with van der Waals surface area (Å²) in [6, 6.07) is 15.4. The molecule has 1 aromatic heterocycles. The number of aromatic nitrogens is 1. The van der Waals surface area contributed by atoms with Gasteiger partial charge in [0.1, 0.15) is 5.78 Å². The fourth-order valence-corrected chi connectivity index (χ4v) is 4.43. The SMILES string of the molecule is CCC(=O)c1ccc(-c2cnc(CC(=O)C3(c4ccc5c(c4)OCO5)CC3)cc2C)cc1. The molecule has 0 saturated heterocycles. The van der Waals surface area contributed by atoms with Crippen LogP contribution >= 0.6 is 0 Å². The lowest BCUT2D eigenvalue weighted by molar-refractivity contribution is -0.120. The summed E-state index contributed by atoms with van der Waals surface area (Å²) in [4.78, 5) is 29.7. The van der Waals surface area contributed by atoms with Gasteiger partial charge in [0.2, 0.25) is 6.79 Å². The van der Waals surface area contributed by atoms with E-state index in [4.69, 9.17) is 9.47 Å². The number of carbonyl (C=O) groups is 2. The molecule has 1 aliphatic carbocycles. The van der Waals surface area contributed by atoms with Crippen molar-refractivity contribution < 1.29 is 19.1 Å². The largest absolute Gasteiger partial charge is 0.454 e. The van der Waals surface area contributed by atoms with E-state index in [9.17, 15) is 9.59 Å². The maximum absolute atomic E-state index is 13.2. The number of benzene rings is 2. The molecule has 5 heteroatoms. The summed E-state index contributed by atoms with van der Waals surface area (Å²) in [5, 5.41) is 0. The summed E-state index contributed by atoms with van der Waals surface area (Å²) in [6.45, 7) is 4.12. The van der Waals surface area contributed by atoms with Gasteiger partial charge in [0.05, 0.1) is 5.41 Å². The van der Waals surface area contributed by atoms with E-state index in [-0.39, 0.29) is 18.4 Å². The van der Waals surface area contributed by atoms with Gasteiger partial charge >= 0.3 is 0 Å². The molecule has 5 nitrogen and oxygen atoms in total. The summed E-state index contributed by atoms with van der Waals surface area (Å²) >= 11 is 0. The number of rotatable bonds is 7. The molecule has 162 valence electrons. The standard InChI is InChI=1S/C27H25NO4/c1-3-23(29)19-6-4-18(5-7-19)22-15-28-21(12-17(22)2)14-26(30)27(10-11-27)20-8-9-24-25(13-20)32-16-31-24/h4-9,12-13,15H,3,10-11,14,16H2,1-2H3. The highest BCUT2D eigenvalue weighted by molar-refractivity contribution is 5.96. The van der Waals surface area contributed by atoms with Crippen molar-refractivity contribution in [1.82, 2.24) is 4.98 Å². The van der Waals surface area contributed by atoms with Crippen molar-refractivity contribution in [1.29, 1.82) is 0 Å². The smallest absolute Gasteiger partial charge is 0.231 e. The van der Waals surface area contributed by atoms with Crippen molar-refractivity contribution in [3.63, 3.8) is 0 Å². The van der Waals surface area contributed by atoms with E-state index < -0.39 is 5.41 Å². The highest BCUT2D eigenvalue weighted by Gasteiger charge is 2.51. The molecule has 0 radical (unpaired) electrons. The molecule has 0 amide bonds. The zero-order valence-electron chi connectivity index (χ0n) is 18.3. The molecule has 5 rings (SSSR count). The molecule has 2 aliphatic rings. The van der Waals surface area contributed by atoms with Crippen molar-refractivity contribution in [3.8, 4) is 22.6 Å². The monoisotopic (exact) mass is 427 g/mol. The Morgan fingerprint density at radius 3 is 2.44 bits per heavy atom. The third-order valence-corrected chi connectivity index (χ3v) is 6.56. The number of hydrogen-bond donors (Lipinski definition) is 0. The Kier molecular flexibility index (Phi) is 5.04. The number of fused-ring (bicyclic) bond motifs is 1. The van der Waals surface area contributed by atoms with Crippen molar-refractivity contribution in [3.05, 3.63) is 77.1 Å². The van der Waals surface area contributed by atoms with Crippen molar-refractivity contribution >= 4 is 11.6 Å². The predicted molar refractivity (Wildman–Crippen MR) is 121 cm³/mol. The van der Waals surface area contributed by atoms with Gasteiger partial charge in [-0.1, -0.05) is 37.3 Å². The number of Topliss-reactive ketones (excluding diaryl/α,β-unsaturated/α-hetero) is 2. The van der Waals surface area contributed by atoms with Crippen LogP contribution in [-0.2, 0) is 16.6 Å². The van der Waals surface area contributed by atoms with E-state index in [0.717, 1.165) is 52.1 Å². The minimum Gasteiger partial charge on any atom is -0.454 e. The van der Waals surface area contributed by atoms with Crippen molar-refractivity contribution in [2.24, 2.45) is 0 Å². The first-order valence-corrected chi connectivity index (χ1v) is 11.0. The minimum atomic E-state index is -0.434. The fourth-order valence-electron chi connectivity index (χ4n) is 4.43. The number of ether oxygens (including phenoxy) is 2. The number of carbonyl (C=O) groups excluding carboxylic acids is 2. The van der Waals surface area contributed by atoms with Gasteiger partial charge in [-0.15, -0.1) is 0 Å². The molecular weight excluding hydrogens is 402 g/mol. The lowest BCUT2D eigenvalue weighted by Crippen LogP contribution is -2.23. The second-order valence-corrected chi connectivity index (χ2v) is 8.59. The molecule has 1 saturated carbocycles. The highest BCUT2D eigenvalue weighted by atomic mass is 16.7. The van der Waals surface area contributed by atoms with Crippen LogP contribution in [0.4, 0.5) is 0 Å². The lowest BCUT2D eigenvalue weighted by atomic mass is 9.88. The first kappa shape index (κ1) is 20.4. The van der Waals surface area contributed by atoms with E-state index in [2.05, 4.69) is 4.98 Å². The van der Waals surface area contributed by atoms with Crippen LogP contribution in [0.25, 0.3) is 11.1 Å². The number of pyridine rings is 1. The van der Waals surface area contributed by atoms with Gasteiger partial charge in [0, 0.05) is 35.9 Å². The van der Waals surface area contributed by atoms with E-state index >= 15 is 0 Å². The van der Waals surface area contributed by atoms with Crippen LogP contribution in [0.5, 0.6) is 11.5 Å². The average Bonchev–Trinajstić information content (AvgIpc) is 3.49. The number of hydrogen-bond acceptors (Lipinski definition) is 5. The molecule has 2 aromatic carbocycles. The minimum absolute atomic E-state index is 0.136. The molecule has 0 unspecified atom stereocenters. The van der Waals surface area contributed by atoms with Gasteiger partial charge < -0.3 is 9.47 Å². The van der Waals surface area contributed by atoms with Gasteiger partial charge in [-0.05, 0) is 54.7 Å². The first-order chi connectivity index (χ1) is 15.5. The maximum atomic E-state index is 13.2. The quantitative estimate of drug-likeness (QED) is 0.484. The van der Waals surface area contributed by atoms with Gasteiger partial charge in [0.25, 0.3) is 0 Å². The highest BCUT2D eigenvalue weighted by Crippen LogP contribution is 2.51. The molecule has 1 fully saturated rings. The Morgan fingerprint density at radius 2 is 1.75 bits per heavy atom. The summed E-state index contributed by atoms with van der Waals surface area (Å²) in [5.74, 6) is 1.78. The zero-order valence-corrected chi connectivity index (χ0v) is 18.3. The summed E-state index contributed by atoms with van der Waals surface area (Å²) in [5.41, 5.74) is 5.15. The molecule has 0 spiro atoms. The normalized spacial score (nSPS) is 15.4. The molecule has 0 atom stereocenters. The third kappa shape index (κ3) is 3.58. The molecule has 32 heavy (non-hydrogen) atoms. The molecule has 1 aliphatic heterocycles. The van der Waals surface area contributed by atoms with Crippen molar-refractivity contribution in [2.75, 3.05) is 6.79 Å². The van der Waals surface area contributed by atoms with Gasteiger partial charge in [-0.2, -0.15) is 0 Å². The van der Waals surface area contributed by atoms with Crippen LogP contribution in [0.15, 0.2) is 54.7 Å². The lowest BCUT2D eigenvalue weighted by Gasteiger charge is -2.15. The van der Waals surface area contributed by atoms with E-state index in [1.165, 1.54) is 0 Å².